The SMILES string of the molecule is CCc1c(-c2ccc(F)cc2)nn(CC2CCC2)c1N1C(=O)c2ccccc2C1=O. The van der Waals surface area contributed by atoms with Gasteiger partial charge in [-0.3, -0.25) is 9.59 Å². The Morgan fingerprint density at radius 3 is 2.17 bits per heavy atom. The summed E-state index contributed by atoms with van der Waals surface area (Å²) in [6, 6.07) is 13.1. The number of halogens is 1. The van der Waals surface area contributed by atoms with E-state index in [9.17, 15) is 14.0 Å². The molecule has 1 aliphatic heterocycles. The van der Waals surface area contributed by atoms with E-state index >= 15 is 0 Å². The molecule has 1 saturated carbocycles. The number of aromatic nitrogens is 2. The van der Waals surface area contributed by atoms with Crippen LogP contribution in [0.4, 0.5) is 10.2 Å². The van der Waals surface area contributed by atoms with Gasteiger partial charge in [0.25, 0.3) is 11.8 Å². The third-order valence-corrected chi connectivity index (χ3v) is 6.15. The molecule has 0 N–H and O–H groups in total. The number of benzene rings is 2. The Hall–Kier alpha value is -3.28. The zero-order chi connectivity index (χ0) is 20.8. The lowest BCUT2D eigenvalue weighted by Gasteiger charge is -2.27. The first-order chi connectivity index (χ1) is 14.6. The lowest BCUT2D eigenvalue weighted by molar-refractivity contribution is 0.0922. The van der Waals surface area contributed by atoms with Crippen molar-refractivity contribution in [3.05, 3.63) is 71.0 Å². The summed E-state index contributed by atoms with van der Waals surface area (Å²) in [6.45, 7) is 2.65. The van der Waals surface area contributed by atoms with Crippen molar-refractivity contribution in [3.63, 3.8) is 0 Å². The number of carbonyl (C=O) groups excluding carboxylic acids is 2. The number of imide groups is 1. The van der Waals surface area contributed by atoms with Crippen LogP contribution in [0.5, 0.6) is 0 Å². The van der Waals surface area contributed by atoms with Crippen LogP contribution in [0.1, 0.15) is 52.5 Å². The smallest absolute Gasteiger partial charge is 0.267 e. The average Bonchev–Trinajstić information content (AvgIpc) is 3.20. The molecule has 2 heterocycles. The van der Waals surface area contributed by atoms with Crippen molar-refractivity contribution in [1.82, 2.24) is 9.78 Å². The van der Waals surface area contributed by atoms with Crippen molar-refractivity contribution in [2.45, 2.75) is 39.2 Å². The molecule has 6 heteroatoms. The number of hydrogen-bond donors (Lipinski definition) is 0. The van der Waals surface area contributed by atoms with Crippen LogP contribution in [0.25, 0.3) is 11.3 Å². The first-order valence-electron chi connectivity index (χ1n) is 10.4. The van der Waals surface area contributed by atoms with E-state index in [4.69, 9.17) is 5.10 Å². The van der Waals surface area contributed by atoms with Crippen molar-refractivity contribution in [2.75, 3.05) is 4.90 Å². The van der Waals surface area contributed by atoms with Gasteiger partial charge in [-0.25, -0.2) is 14.0 Å². The summed E-state index contributed by atoms with van der Waals surface area (Å²) in [7, 11) is 0. The Morgan fingerprint density at radius 1 is 1.00 bits per heavy atom. The van der Waals surface area contributed by atoms with Crippen molar-refractivity contribution < 1.29 is 14.0 Å². The zero-order valence-corrected chi connectivity index (χ0v) is 16.8. The number of anilines is 1. The maximum atomic E-state index is 13.5. The highest BCUT2D eigenvalue weighted by Crippen LogP contribution is 2.38. The summed E-state index contributed by atoms with van der Waals surface area (Å²) in [6.07, 6.45) is 4.03. The van der Waals surface area contributed by atoms with E-state index in [0.29, 0.717) is 41.5 Å². The first-order valence-corrected chi connectivity index (χ1v) is 10.4. The fraction of sp³-hybridized carbons (Fsp3) is 0.292. The molecule has 3 aromatic rings. The second kappa shape index (κ2) is 7.20. The molecule has 2 aromatic carbocycles. The molecular weight excluding hydrogens is 381 g/mol. The fourth-order valence-corrected chi connectivity index (χ4v) is 4.33. The summed E-state index contributed by atoms with van der Waals surface area (Å²) in [5, 5.41) is 4.83. The molecule has 30 heavy (non-hydrogen) atoms. The molecule has 0 atom stereocenters. The minimum atomic E-state index is -0.314. The third kappa shape index (κ3) is 2.86. The van der Waals surface area contributed by atoms with Crippen LogP contribution in [0.15, 0.2) is 48.5 Å². The molecular formula is C24H22FN3O2. The number of amides is 2. The molecule has 152 valence electrons. The summed E-state index contributed by atoms with van der Waals surface area (Å²) < 4.78 is 15.3. The third-order valence-electron chi connectivity index (χ3n) is 6.15. The van der Waals surface area contributed by atoms with Crippen LogP contribution in [-0.4, -0.2) is 21.6 Å². The van der Waals surface area contributed by atoms with Gasteiger partial charge in [0, 0.05) is 17.7 Å². The monoisotopic (exact) mass is 403 g/mol. The molecule has 0 saturated heterocycles. The molecule has 1 aromatic heterocycles. The van der Waals surface area contributed by atoms with Gasteiger partial charge in [0.1, 0.15) is 11.6 Å². The molecule has 0 radical (unpaired) electrons. The van der Waals surface area contributed by atoms with E-state index in [0.717, 1.165) is 24.0 Å². The van der Waals surface area contributed by atoms with Gasteiger partial charge in [-0.15, -0.1) is 0 Å². The summed E-state index contributed by atoms with van der Waals surface area (Å²) in [5.41, 5.74) is 3.14. The Bertz CT molecular complexity index is 1110. The molecule has 0 bridgehead atoms. The highest BCUT2D eigenvalue weighted by molar-refractivity contribution is 6.34. The second-order valence-electron chi connectivity index (χ2n) is 7.98. The molecule has 1 aliphatic carbocycles. The number of fused-ring (bicyclic) bond motifs is 1. The standard InChI is InChI=1S/C24H22FN3O2/c1-2-18-21(16-10-12-17(25)13-11-16)26-27(14-15-6-5-7-15)22(18)28-23(29)19-8-3-4-9-20(19)24(28)30/h3-4,8-13,15H,2,5-7,14H2,1H3. The quantitative estimate of drug-likeness (QED) is 0.572. The topological polar surface area (TPSA) is 55.2 Å². The van der Waals surface area contributed by atoms with Crippen LogP contribution < -0.4 is 4.90 Å². The van der Waals surface area contributed by atoms with Gasteiger partial charge < -0.3 is 0 Å². The van der Waals surface area contributed by atoms with Crippen LogP contribution >= 0.6 is 0 Å². The maximum absolute atomic E-state index is 13.5. The summed E-state index contributed by atoms with van der Waals surface area (Å²) >= 11 is 0. The maximum Gasteiger partial charge on any atom is 0.267 e. The van der Waals surface area contributed by atoms with E-state index in [-0.39, 0.29) is 17.6 Å². The molecule has 0 spiro atoms. The summed E-state index contributed by atoms with van der Waals surface area (Å²) in [5.74, 6) is 0.0993. The molecule has 5 nitrogen and oxygen atoms in total. The van der Waals surface area contributed by atoms with E-state index in [1.807, 2.05) is 11.6 Å². The van der Waals surface area contributed by atoms with Crippen molar-refractivity contribution in [2.24, 2.45) is 5.92 Å². The Balaban J connectivity index is 1.67. The Morgan fingerprint density at radius 2 is 1.63 bits per heavy atom. The minimum absolute atomic E-state index is 0.314. The van der Waals surface area contributed by atoms with E-state index in [1.165, 1.54) is 23.5 Å². The second-order valence-corrected chi connectivity index (χ2v) is 7.98. The van der Waals surface area contributed by atoms with E-state index in [2.05, 4.69) is 0 Å². The van der Waals surface area contributed by atoms with E-state index < -0.39 is 0 Å². The van der Waals surface area contributed by atoms with Gasteiger partial charge in [-0.05, 0) is 61.6 Å². The van der Waals surface area contributed by atoms with E-state index in [1.54, 1.807) is 36.4 Å². The number of rotatable bonds is 5. The summed E-state index contributed by atoms with van der Waals surface area (Å²) in [4.78, 5) is 27.7. The normalized spacial score (nSPS) is 16.1. The van der Waals surface area contributed by atoms with Gasteiger partial charge in [-0.1, -0.05) is 25.5 Å². The average molecular weight is 403 g/mol. The number of carbonyl (C=O) groups is 2. The largest absolute Gasteiger partial charge is 0.268 e. The number of nitrogens with zero attached hydrogens (tertiary/aromatic N) is 3. The molecule has 2 amide bonds. The molecule has 1 fully saturated rings. The zero-order valence-electron chi connectivity index (χ0n) is 16.8. The fourth-order valence-electron chi connectivity index (χ4n) is 4.33. The van der Waals surface area contributed by atoms with Gasteiger partial charge in [-0.2, -0.15) is 5.10 Å². The lowest BCUT2D eigenvalue weighted by atomic mass is 9.85. The van der Waals surface area contributed by atoms with Gasteiger partial charge in [0.15, 0.2) is 0 Å². The van der Waals surface area contributed by atoms with Crippen LogP contribution in [0.2, 0.25) is 0 Å². The Kier molecular flexibility index (Phi) is 4.50. The van der Waals surface area contributed by atoms with Crippen molar-refractivity contribution in [3.8, 4) is 11.3 Å². The van der Waals surface area contributed by atoms with Crippen LogP contribution in [0.3, 0.4) is 0 Å². The Labute approximate surface area is 174 Å². The minimum Gasteiger partial charge on any atom is -0.268 e. The van der Waals surface area contributed by atoms with Gasteiger partial charge >= 0.3 is 0 Å². The van der Waals surface area contributed by atoms with Crippen molar-refractivity contribution >= 4 is 17.6 Å². The molecule has 0 unspecified atom stereocenters. The predicted octanol–water partition coefficient (Wildman–Crippen LogP) is 4.85. The molecule has 2 aliphatic rings. The van der Waals surface area contributed by atoms with Crippen molar-refractivity contribution in [1.29, 1.82) is 0 Å². The van der Waals surface area contributed by atoms with Crippen LogP contribution in [-0.2, 0) is 13.0 Å². The highest BCUT2D eigenvalue weighted by atomic mass is 19.1. The van der Waals surface area contributed by atoms with Gasteiger partial charge in [0.05, 0.1) is 16.8 Å². The number of hydrogen-bond acceptors (Lipinski definition) is 3. The first kappa shape index (κ1) is 18.7. The lowest BCUT2D eigenvalue weighted by Crippen LogP contribution is -2.33. The van der Waals surface area contributed by atoms with Gasteiger partial charge in [0.2, 0.25) is 0 Å². The predicted molar refractivity (Wildman–Crippen MR) is 112 cm³/mol. The van der Waals surface area contributed by atoms with Crippen LogP contribution in [0, 0.1) is 11.7 Å². The molecule has 5 rings (SSSR count). The highest BCUT2D eigenvalue weighted by Gasteiger charge is 2.40.